The topological polar surface area (TPSA) is 116 Å². The lowest BCUT2D eigenvalue weighted by Gasteiger charge is -2.14. The molecule has 1 aliphatic heterocycles. The average Bonchev–Trinajstić information content (AvgIpc) is 3.12. The summed E-state index contributed by atoms with van der Waals surface area (Å²) >= 11 is 6.52. The molecule has 3 aromatic carbocycles. The van der Waals surface area contributed by atoms with Crippen molar-refractivity contribution in [1.29, 1.82) is 0 Å². The van der Waals surface area contributed by atoms with Crippen molar-refractivity contribution in [3.05, 3.63) is 92.9 Å². The van der Waals surface area contributed by atoms with Crippen LogP contribution in [0.15, 0.2) is 76.5 Å². The largest absolute Gasteiger partial charge is 0.493 e. The number of nitro groups is 1. The van der Waals surface area contributed by atoms with Gasteiger partial charge in [0.2, 0.25) is 0 Å². The van der Waals surface area contributed by atoms with Gasteiger partial charge >= 0.3 is 10.1 Å². The van der Waals surface area contributed by atoms with E-state index in [9.17, 15) is 23.3 Å². The maximum atomic E-state index is 13.0. The van der Waals surface area contributed by atoms with Crippen molar-refractivity contribution in [3.8, 4) is 11.5 Å². The van der Waals surface area contributed by atoms with Gasteiger partial charge in [0, 0.05) is 11.6 Å². The molecule has 0 aromatic heterocycles. The lowest BCUT2D eigenvalue weighted by molar-refractivity contribution is -0.385. The molecule has 1 heterocycles. The van der Waals surface area contributed by atoms with Crippen LogP contribution in [-0.2, 0) is 14.9 Å². The third-order valence-electron chi connectivity index (χ3n) is 5.16. The van der Waals surface area contributed by atoms with E-state index < -0.39 is 15.0 Å². The van der Waals surface area contributed by atoms with Gasteiger partial charge < -0.3 is 8.92 Å². The van der Waals surface area contributed by atoms with Crippen LogP contribution in [0.5, 0.6) is 11.5 Å². The van der Waals surface area contributed by atoms with E-state index in [0.717, 1.165) is 17.8 Å². The monoisotopic (exact) mass is 542 g/mol. The van der Waals surface area contributed by atoms with Gasteiger partial charge in [-0.15, -0.1) is 0 Å². The van der Waals surface area contributed by atoms with Crippen LogP contribution >= 0.6 is 24.0 Å². The van der Waals surface area contributed by atoms with Crippen LogP contribution in [0.3, 0.4) is 0 Å². The number of hydrogen-bond donors (Lipinski definition) is 0. The normalized spacial score (nSPS) is 14.8. The number of para-hydroxylation sites is 1. The van der Waals surface area contributed by atoms with Crippen molar-refractivity contribution < 1.29 is 27.1 Å². The van der Waals surface area contributed by atoms with E-state index in [1.54, 1.807) is 24.3 Å². The second-order valence-corrected chi connectivity index (χ2v) is 10.7. The predicted octanol–water partition coefficient (Wildman–Crippen LogP) is 5.09. The minimum atomic E-state index is -4.39. The first-order valence-corrected chi connectivity index (χ1v) is 12.9. The Balaban J connectivity index is 1.61. The summed E-state index contributed by atoms with van der Waals surface area (Å²) in [7, 11) is -3.05. The molecule has 0 bridgehead atoms. The second-order valence-electron chi connectivity index (χ2n) is 7.51. The van der Waals surface area contributed by atoms with E-state index >= 15 is 0 Å². The third-order valence-corrected chi connectivity index (χ3v) is 7.69. The quantitative estimate of drug-likeness (QED) is 0.132. The van der Waals surface area contributed by atoms with Crippen LogP contribution in [0, 0.1) is 17.0 Å². The van der Waals surface area contributed by atoms with E-state index in [1.807, 2.05) is 18.2 Å². The number of methoxy groups -OCH3 is 1. The smallest absolute Gasteiger partial charge is 0.339 e. The van der Waals surface area contributed by atoms with E-state index in [-0.39, 0.29) is 28.0 Å². The molecule has 1 aliphatic rings. The Bertz CT molecular complexity index is 1520. The number of benzene rings is 3. The summed E-state index contributed by atoms with van der Waals surface area (Å²) in [6.45, 7) is 1.50. The second kappa shape index (κ2) is 10.1. The first-order chi connectivity index (χ1) is 17.1. The molecule has 4 rings (SSSR count). The summed E-state index contributed by atoms with van der Waals surface area (Å²) in [5.74, 6) is -0.304. The Kier molecular flexibility index (Phi) is 7.11. The van der Waals surface area contributed by atoms with E-state index in [1.165, 1.54) is 43.2 Å². The number of nitro benzene ring substituents is 1. The van der Waals surface area contributed by atoms with Crippen LogP contribution in [-0.4, -0.2) is 30.7 Å². The fourth-order valence-electron chi connectivity index (χ4n) is 3.37. The number of aryl methyl sites for hydroxylation is 1. The van der Waals surface area contributed by atoms with Crippen molar-refractivity contribution in [2.24, 2.45) is 0 Å². The van der Waals surface area contributed by atoms with Gasteiger partial charge in [0.1, 0.15) is 4.90 Å². The molecule has 12 heteroatoms. The van der Waals surface area contributed by atoms with Crippen molar-refractivity contribution >= 4 is 61.8 Å². The standard InChI is InChI=1S/C24H18N2O7S3/c1-15-8-10-18(14-19(15)26(28)29)36(30,31)33-20-11-9-16(12-21(20)32-2)13-22-23(27)25(24(34)35-22)17-6-4-3-5-7-17/h3-14H,1-2H3/b22-13-. The Morgan fingerprint density at radius 1 is 1.06 bits per heavy atom. The summed E-state index contributed by atoms with van der Waals surface area (Å²) in [5.41, 5.74) is 1.19. The summed E-state index contributed by atoms with van der Waals surface area (Å²) in [5, 5.41) is 11.2. The van der Waals surface area contributed by atoms with E-state index in [2.05, 4.69) is 0 Å². The Hall–Kier alpha value is -3.74. The first-order valence-electron chi connectivity index (χ1n) is 10.3. The number of rotatable bonds is 7. The maximum Gasteiger partial charge on any atom is 0.339 e. The van der Waals surface area contributed by atoms with Crippen molar-refractivity contribution in [2.45, 2.75) is 11.8 Å². The molecule has 1 fully saturated rings. The fourth-order valence-corrected chi connectivity index (χ4v) is 5.63. The zero-order chi connectivity index (χ0) is 26.0. The van der Waals surface area contributed by atoms with Crippen molar-refractivity contribution in [1.82, 2.24) is 0 Å². The SMILES string of the molecule is COc1cc(/C=C2\SC(=S)N(c3ccccc3)C2=O)ccc1OS(=O)(=O)c1ccc(C)c([N+](=O)[O-])c1. The summed E-state index contributed by atoms with van der Waals surface area (Å²) < 4.78 is 36.5. The molecule has 0 saturated carbocycles. The number of carbonyl (C=O) groups excluding carboxylic acids is 1. The van der Waals surface area contributed by atoms with Gasteiger partial charge in [-0.25, -0.2) is 0 Å². The Labute approximate surface area is 216 Å². The highest BCUT2D eigenvalue weighted by atomic mass is 32.2. The van der Waals surface area contributed by atoms with E-state index in [0.29, 0.717) is 26.0 Å². The number of nitrogens with zero attached hydrogens (tertiary/aromatic N) is 2. The first kappa shape index (κ1) is 25.4. The van der Waals surface area contributed by atoms with Gasteiger partial charge in [-0.3, -0.25) is 19.8 Å². The molecule has 3 aromatic rings. The van der Waals surface area contributed by atoms with Crippen molar-refractivity contribution in [3.63, 3.8) is 0 Å². The molecule has 0 aliphatic carbocycles. The molecule has 36 heavy (non-hydrogen) atoms. The summed E-state index contributed by atoms with van der Waals surface area (Å²) in [6, 6.07) is 17.0. The van der Waals surface area contributed by atoms with Crippen LogP contribution in [0.4, 0.5) is 11.4 Å². The maximum absolute atomic E-state index is 13.0. The summed E-state index contributed by atoms with van der Waals surface area (Å²) in [4.78, 5) is 24.9. The van der Waals surface area contributed by atoms with Crippen LogP contribution in [0.1, 0.15) is 11.1 Å². The van der Waals surface area contributed by atoms with Crippen molar-refractivity contribution in [2.75, 3.05) is 12.0 Å². The highest BCUT2D eigenvalue weighted by Crippen LogP contribution is 2.37. The highest BCUT2D eigenvalue weighted by molar-refractivity contribution is 8.27. The minimum absolute atomic E-state index is 0.0903. The fraction of sp³-hybridized carbons (Fsp3) is 0.0833. The number of thioether (sulfide) groups is 1. The summed E-state index contributed by atoms with van der Waals surface area (Å²) in [6.07, 6.45) is 1.62. The molecule has 1 saturated heterocycles. The molecule has 0 spiro atoms. The number of thiocarbonyl (C=S) groups is 1. The Morgan fingerprint density at radius 3 is 2.44 bits per heavy atom. The molecular weight excluding hydrogens is 524 g/mol. The van der Waals surface area contributed by atoms with Gasteiger partial charge in [0.05, 0.1) is 22.6 Å². The predicted molar refractivity (Wildman–Crippen MR) is 141 cm³/mol. The van der Waals surface area contributed by atoms with Gasteiger partial charge in [0.15, 0.2) is 15.8 Å². The molecule has 0 radical (unpaired) electrons. The minimum Gasteiger partial charge on any atom is -0.493 e. The molecular formula is C24H18N2O7S3. The van der Waals surface area contributed by atoms with Gasteiger partial charge in [-0.1, -0.05) is 54.3 Å². The van der Waals surface area contributed by atoms with Crippen LogP contribution in [0.2, 0.25) is 0 Å². The molecule has 0 unspecified atom stereocenters. The lowest BCUT2D eigenvalue weighted by Crippen LogP contribution is -2.27. The Morgan fingerprint density at radius 2 is 1.78 bits per heavy atom. The molecule has 0 N–H and O–H groups in total. The molecule has 1 amide bonds. The number of amides is 1. The average molecular weight is 543 g/mol. The molecule has 184 valence electrons. The van der Waals surface area contributed by atoms with Gasteiger partial charge in [0.25, 0.3) is 11.6 Å². The number of carbonyl (C=O) groups is 1. The van der Waals surface area contributed by atoms with Crippen LogP contribution in [0.25, 0.3) is 6.08 Å². The van der Waals surface area contributed by atoms with Gasteiger partial charge in [-0.2, -0.15) is 8.42 Å². The number of ether oxygens (including phenoxy) is 1. The lowest BCUT2D eigenvalue weighted by atomic mass is 10.2. The highest BCUT2D eigenvalue weighted by Gasteiger charge is 2.33. The third kappa shape index (κ3) is 5.10. The number of hydrogen-bond acceptors (Lipinski definition) is 9. The number of anilines is 1. The van der Waals surface area contributed by atoms with E-state index in [4.69, 9.17) is 21.1 Å². The van der Waals surface area contributed by atoms with Crippen LogP contribution < -0.4 is 13.8 Å². The zero-order valence-electron chi connectivity index (χ0n) is 18.9. The van der Waals surface area contributed by atoms with Gasteiger partial charge in [-0.05, 0) is 48.9 Å². The zero-order valence-corrected chi connectivity index (χ0v) is 21.4. The molecule has 9 nitrogen and oxygen atoms in total. The molecule has 0 atom stereocenters.